The Morgan fingerprint density at radius 3 is 1.12 bits per heavy atom. The molecule has 0 aliphatic rings. The van der Waals surface area contributed by atoms with Crippen molar-refractivity contribution in [3.05, 3.63) is 18.2 Å². The third-order valence-electron chi connectivity index (χ3n) is 9.76. The smallest absolute Gasteiger partial charge is 0.247 e. The van der Waals surface area contributed by atoms with Gasteiger partial charge in [-0.1, -0.05) is 194 Å². The molecule has 0 aliphatic heterocycles. The molecule has 0 bridgehead atoms. The summed E-state index contributed by atoms with van der Waals surface area (Å²) in [7, 11) is 0. The minimum absolute atomic E-state index is 0.599. The molecule has 2 nitrogen and oxygen atoms in total. The molecule has 2 heteroatoms. The van der Waals surface area contributed by atoms with E-state index in [2.05, 4.69) is 49.6 Å². The van der Waals surface area contributed by atoms with Crippen molar-refractivity contribution >= 4 is 0 Å². The Bertz CT molecular complexity index is 635. The third-order valence-corrected chi connectivity index (χ3v) is 9.76. The SMILES string of the molecule is CCCCCCCCCCCCCCCCC(CCCCCCCCCCCCCCC)c1[nH]cc[n+]1C(C)CC. The van der Waals surface area contributed by atoms with E-state index < -0.39 is 0 Å². The van der Waals surface area contributed by atoms with E-state index in [1.54, 1.807) is 0 Å². The van der Waals surface area contributed by atoms with Gasteiger partial charge in [0.15, 0.2) is 0 Å². The summed E-state index contributed by atoms with van der Waals surface area (Å²) >= 11 is 0. The highest BCUT2D eigenvalue weighted by Gasteiger charge is 2.24. The lowest BCUT2D eigenvalue weighted by molar-refractivity contribution is -0.726. The van der Waals surface area contributed by atoms with Gasteiger partial charge in [0.05, 0.1) is 12.0 Å². The summed E-state index contributed by atoms with van der Waals surface area (Å²) in [6.07, 6.45) is 47.5. The zero-order valence-electron chi connectivity index (χ0n) is 29.0. The largest absolute Gasteiger partial charge is 0.257 e. The van der Waals surface area contributed by atoms with Gasteiger partial charge < -0.3 is 0 Å². The van der Waals surface area contributed by atoms with Crippen molar-refractivity contribution in [3.8, 4) is 0 Å². The molecule has 41 heavy (non-hydrogen) atoms. The van der Waals surface area contributed by atoms with Crippen LogP contribution in [0, 0.1) is 0 Å². The quantitative estimate of drug-likeness (QED) is 0.0653. The Labute approximate surface area is 259 Å². The van der Waals surface area contributed by atoms with Gasteiger partial charge in [-0.3, -0.25) is 0 Å². The summed E-state index contributed by atoms with van der Waals surface area (Å²) in [6.45, 7) is 9.32. The predicted molar refractivity (Wildman–Crippen MR) is 184 cm³/mol. The van der Waals surface area contributed by atoms with E-state index in [0.717, 1.165) is 0 Å². The molecule has 1 N–H and O–H groups in total. The zero-order valence-corrected chi connectivity index (χ0v) is 29.0. The van der Waals surface area contributed by atoms with Gasteiger partial charge in [0, 0.05) is 0 Å². The van der Waals surface area contributed by atoms with Crippen LogP contribution in [0.15, 0.2) is 12.4 Å². The fraction of sp³-hybridized carbons (Fsp3) is 0.923. The van der Waals surface area contributed by atoms with Crippen LogP contribution in [-0.2, 0) is 0 Å². The Kier molecular flexibility index (Phi) is 27.3. The molecule has 0 aromatic carbocycles. The fourth-order valence-electron chi connectivity index (χ4n) is 6.68. The Morgan fingerprint density at radius 1 is 0.488 bits per heavy atom. The van der Waals surface area contributed by atoms with Crippen LogP contribution in [0.1, 0.15) is 238 Å². The molecule has 0 spiro atoms. The second kappa shape index (κ2) is 29.3. The first-order valence-electron chi connectivity index (χ1n) is 19.3. The Hall–Kier alpha value is -0.790. The van der Waals surface area contributed by atoms with Gasteiger partial charge in [-0.25, -0.2) is 9.55 Å². The van der Waals surface area contributed by atoms with Crippen LogP contribution in [0.3, 0.4) is 0 Å². The standard InChI is InChI=1S/C39H76N2/c1-5-8-10-12-14-16-18-20-22-24-26-28-30-32-34-38(39-40-35-36-41(39)37(4)7-3)33-31-29-27-25-23-21-19-17-15-13-11-9-6-2/h35-38H,5-34H2,1-4H3/p+1. The molecule has 1 aromatic heterocycles. The van der Waals surface area contributed by atoms with Gasteiger partial charge in [-0.2, -0.15) is 0 Å². The van der Waals surface area contributed by atoms with Crippen molar-refractivity contribution in [2.45, 2.75) is 232 Å². The minimum atomic E-state index is 0.599. The molecule has 242 valence electrons. The summed E-state index contributed by atoms with van der Waals surface area (Å²) in [6, 6.07) is 0.599. The molecular weight excluding hydrogens is 496 g/mol. The highest BCUT2D eigenvalue weighted by molar-refractivity contribution is 4.90. The van der Waals surface area contributed by atoms with E-state index >= 15 is 0 Å². The molecule has 1 rings (SSSR count). The van der Waals surface area contributed by atoms with Crippen molar-refractivity contribution in [3.63, 3.8) is 0 Å². The lowest BCUT2D eigenvalue weighted by Crippen LogP contribution is -2.40. The maximum atomic E-state index is 3.68. The van der Waals surface area contributed by atoms with Crippen LogP contribution in [-0.4, -0.2) is 4.98 Å². The molecule has 0 aliphatic carbocycles. The van der Waals surface area contributed by atoms with Gasteiger partial charge in [-0.05, 0) is 26.2 Å². The first-order chi connectivity index (χ1) is 20.2. The number of H-pyrrole nitrogens is 1. The normalized spacial score (nSPS) is 13.2. The van der Waals surface area contributed by atoms with Gasteiger partial charge in [-0.15, -0.1) is 0 Å². The van der Waals surface area contributed by atoms with Crippen molar-refractivity contribution in [2.24, 2.45) is 0 Å². The number of imidazole rings is 1. The molecule has 1 aromatic rings. The lowest BCUT2D eigenvalue weighted by atomic mass is 9.93. The summed E-state index contributed by atoms with van der Waals surface area (Å²) < 4.78 is 2.55. The van der Waals surface area contributed by atoms with Crippen LogP contribution in [0.2, 0.25) is 0 Å². The number of hydrogen-bond donors (Lipinski definition) is 1. The van der Waals surface area contributed by atoms with E-state index in [0.29, 0.717) is 12.0 Å². The first-order valence-corrected chi connectivity index (χ1v) is 19.3. The van der Waals surface area contributed by atoms with Gasteiger partial charge >= 0.3 is 0 Å². The second-order valence-corrected chi connectivity index (χ2v) is 13.6. The van der Waals surface area contributed by atoms with Crippen LogP contribution < -0.4 is 4.57 Å². The average molecular weight is 574 g/mol. The van der Waals surface area contributed by atoms with E-state index in [4.69, 9.17) is 0 Å². The molecular formula is C39H77N2+. The lowest BCUT2D eigenvalue weighted by Gasteiger charge is -2.16. The fourth-order valence-corrected chi connectivity index (χ4v) is 6.68. The van der Waals surface area contributed by atoms with E-state index in [1.165, 1.54) is 198 Å². The number of aromatic amines is 1. The van der Waals surface area contributed by atoms with E-state index in [-0.39, 0.29) is 0 Å². The number of unbranched alkanes of at least 4 members (excludes halogenated alkanes) is 25. The monoisotopic (exact) mass is 574 g/mol. The van der Waals surface area contributed by atoms with Crippen molar-refractivity contribution in [1.29, 1.82) is 0 Å². The van der Waals surface area contributed by atoms with Crippen LogP contribution in [0.4, 0.5) is 0 Å². The molecule has 2 atom stereocenters. The van der Waals surface area contributed by atoms with Crippen molar-refractivity contribution in [2.75, 3.05) is 0 Å². The van der Waals surface area contributed by atoms with Crippen molar-refractivity contribution in [1.82, 2.24) is 4.98 Å². The maximum Gasteiger partial charge on any atom is 0.257 e. The molecule has 0 saturated heterocycles. The predicted octanol–water partition coefficient (Wildman–Crippen LogP) is 13.7. The number of nitrogens with zero attached hydrogens (tertiary/aromatic N) is 1. The Balaban J connectivity index is 2.18. The maximum absolute atomic E-state index is 3.68. The number of hydrogen-bond acceptors (Lipinski definition) is 0. The third kappa shape index (κ3) is 21.5. The molecule has 1 heterocycles. The molecule has 0 fully saturated rings. The molecule has 2 unspecified atom stereocenters. The van der Waals surface area contributed by atoms with Gasteiger partial charge in [0.2, 0.25) is 0 Å². The summed E-state index contributed by atoms with van der Waals surface area (Å²) in [5.41, 5.74) is 0. The highest BCUT2D eigenvalue weighted by atomic mass is 15.1. The van der Waals surface area contributed by atoms with E-state index in [9.17, 15) is 0 Å². The van der Waals surface area contributed by atoms with Crippen molar-refractivity contribution < 1.29 is 4.57 Å². The number of rotatable bonds is 32. The Morgan fingerprint density at radius 2 is 0.805 bits per heavy atom. The summed E-state index contributed by atoms with van der Waals surface area (Å²) in [5, 5.41) is 0. The van der Waals surface area contributed by atoms with Gasteiger partial charge in [0.25, 0.3) is 5.82 Å². The topological polar surface area (TPSA) is 19.7 Å². The van der Waals surface area contributed by atoms with Gasteiger partial charge in [0.1, 0.15) is 12.4 Å². The molecule has 0 amide bonds. The first kappa shape index (κ1) is 38.2. The minimum Gasteiger partial charge on any atom is -0.247 e. The van der Waals surface area contributed by atoms with Crippen LogP contribution >= 0.6 is 0 Å². The highest BCUT2D eigenvalue weighted by Crippen LogP contribution is 2.27. The zero-order chi connectivity index (χ0) is 29.6. The van der Waals surface area contributed by atoms with Crippen LogP contribution in [0.5, 0.6) is 0 Å². The molecule has 0 saturated carbocycles. The summed E-state index contributed by atoms with van der Waals surface area (Å²) in [5.74, 6) is 2.22. The summed E-state index contributed by atoms with van der Waals surface area (Å²) in [4.78, 5) is 3.68. The molecule has 0 radical (unpaired) electrons. The average Bonchev–Trinajstić information content (AvgIpc) is 3.48. The van der Waals surface area contributed by atoms with E-state index in [1.807, 2.05) is 0 Å². The number of nitrogens with one attached hydrogen (secondary N) is 1. The number of aromatic nitrogens is 2. The van der Waals surface area contributed by atoms with Crippen LogP contribution in [0.25, 0.3) is 0 Å². The second-order valence-electron chi connectivity index (χ2n) is 13.6.